The SMILES string of the molecule is CC(C)CN(CC(C)C)S(=O)(=O)c1ccc(C(=O)Nc2nnco2)cc1. The minimum absolute atomic E-state index is 0.0215. The molecule has 9 heteroatoms. The van der Waals surface area contributed by atoms with E-state index in [0.717, 1.165) is 6.39 Å². The molecule has 0 aliphatic heterocycles. The molecule has 1 aromatic heterocycles. The highest BCUT2D eigenvalue weighted by molar-refractivity contribution is 7.89. The van der Waals surface area contributed by atoms with Crippen LogP contribution in [0, 0.1) is 11.8 Å². The summed E-state index contributed by atoms with van der Waals surface area (Å²) >= 11 is 0. The number of hydrogen-bond donors (Lipinski definition) is 1. The second-order valence-electron chi connectivity index (χ2n) is 6.83. The summed E-state index contributed by atoms with van der Waals surface area (Å²) in [5, 5.41) is 9.46. The number of nitrogens with zero attached hydrogens (tertiary/aromatic N) is 3. The third-order valence-electron chi connectivity index (χ3n) is 3.47. The molecule has 0 aliphatic carbocycles. The Morgan fingerprint density at radius 3 is 2.15 bits per heavy atom. The average Bonchev–Trinajstić information content (AvgIpc) is 3.06. The first kappa shape index (κ1) is 20.1. The Kier molecular flexibility index (Phi) is 6.49. The largest absolute Gasteiger partial charge is 0.411 e. The van der Waals surface area contributed by atoms with Gasteiger partial charge in [0.25, 0.3) is 5.91 Å². The van der Waals surface area contributed by atoms with Crippen LogP contribution in [0.3, 0.4) is 0 Å². The number of amides is 1. The predicted molar refractivity (Wildman–Crippen MR) is 97.1 cm³/mol. The lowest BCUT2D eigenvalue weighted by Gasteiger charge is -2.25. The van der Waals surface area contributed by atoms with Gasteiger partial charge in [0.05, 0.1) is 4.90 Å². The van der Waals surface area contributed by atoms with Crippen LogP contribution in [0.5, 0.6) is 0 Å². The Balaban J connectivity index is 2.19. The third-order valence-corrected chi connectivity index (χ3v) is 5.32. The first-order chi connectivity index (χ1) is 12.2. The highest BCUT2D eigenvalue weighted by Crippen LogP contribution is 2.19. The number of carbonyl (C=O) groups excluding carboxylic acids is 1. The Labute approximate surface area is 153 Å². The van der Waals surface area contributed by atoms with Crippen LogP contribution in [0.25, 0.3) is 0 Å². The number of anilines is 1. The van der Waals surface area contributed by atoms with Gasteiger partial charge in [0.15, 0.2) is 0 Å². The summed E-state index contributed by atoms with van der Waals surface area (Å²) in [6.07, 6.45) is 1.10. The molecule has 0 saturated heterocycles. The number of sulfonamides is 1. The molecule has 1 N–H and O–H groups in total. The fourth-order valence-electron chi connectivity index (χ4n) is 2.41. The van der Waals surface area contributed by atoms with Crippen LogP contribution in [0.4, 0.5) is 6.01 Å². The van der Waals surface area contributed by atoms with Crippen molar-refractivity contribution in [2.75, 3.05) is 18.4 Å². The first-order valence-corrected chi connectivity index (χ1v) is 9.82. The van der Waals surface area contributed by atoms with Gasteiger partial charge in [0, 0.05) is 18.7 Å². The van der Waals surface area contributed by atoms with Crippen molar-refractivity contribution in [3.63, 3.8) is 0 Å². The predicted octanol–water partition coefficient (Wildman–Crippen LogP) is 2.62. The van der Waals surface area contributed by atoms with Crippen LogP contribution >= 0.6 is 0 Å². The molecule has 2 rings (SSSR count). The molecule has 0 saturated carbocycles. The molecular formula is C17H24N4O4S. The van der Waals surface area contributed by atoms with Gasteiger partial charge in [0.2, 0.25) is 16.4 Å². The van der Waals surface area contributed by atoms with Crippen molar-refractivity contribution in [1.82, 2.24) is 14.5 Å². The van der Waals surface area contributed by atoms with E-state index in [2.05, 4.69) is 15.5 Å². The molecule has 2 aromatic rings. The lowest BCUT2D eigenvalue weighted by Crippen LogP contribution is -2.37. The summed E-state index contributed by atoms with van der Waals surface area (Å²) in [6.45, 7) is 8.81. The molecule has 0 fully saturated rings. The van der Waals surface area contributed by atoms with E-state index >= 15 is 0 Å². The molecule has 0 unspecified atom stereocenters. The maximum atomic E-state index is 12.9. The molecular weight excluding hydrogens is 356 g/mol. The van der Waals surface area contributed by atoms with Gasteiger partial charge in [-0.15, -0.1) is 5.10 Å². The minimum atomic E-state index is -3.62. The Morgan fingerprint density at radius 1 is 1.12 bits per heavy atom. The zero-order chi connectivity index (χ0) is 19.3. The summed E-state index contributed by atoms with van der Waals surface area (Å²) < 4.78 is 32.2. The molecule has 142 valence electrons. The molecule has 0 atom stereocenters. The van der Waals surface area contributed by atoms with E-state index in [0.29, 0.717) is 18.7 Å². The van der Waals surface area contributed by atoms with Gasteiger partial charge >= 0.3 is 6.01 Å². The molecule has 1 amide bonds. The Hall–Kier alpha value is -2.26. The monoisotopic (exact) mass is 380 g/mol. The highest BCUT2D eigenvalue weighted by Gasteiger charge is 2.26. The molecule has 26 heavy (non-hydrogen) atoms. The van der Waals surface area contributed by atoms with Gasteiger partial charge in [-0.2, -0.15) is 4.31 Å². The minimum Gasteiger partial charge on any atom is -0.411 e. The smallest absolute Gasteiger partial charge is 0.322 e. The summed E-state index contributed by atoms with van der Waals surface area (Å²) in [4.78, 5) is 12.3. The number of carbonyl (C=O) groups is 1. The van der Waals surface area contributed by atoms with Crippen LogP contribution in [0.15, 0.2) is 40.0 Å². The molecule has 8 nitrogen and oxygen atoms in total. The number of rotatable bonds is 8. The van der Waals surface area contributed by atoms with Crippen molar-refractivity contribution in [3.8, 4) is 0 Å². The topological polar surface area (TPSA) is 105 Å². The second-order valence-corrected chi connectivity index (χ2v) is 8.77. The van der Waals surface area contributed by atoms with Gasteiger partial charge < -0.3 is 4.42 Å². The summed E-state index contributed by atoms with van der Waals surface area (Å²) in [5.74, 6) is -0.0367. The maximum absolute atomic E-state index is 12.9. The van der Waals surface area contributed by atoms with Gasteiger partial charge in [-0.1, -0.05) is 32.8 Å². The first-order valence-electron chi connectivity index (χ1n) is 8.38. The van der Waals surface area contributed by atoms with E-state index in [1.54, 1.807) is 0 Å². The molecule has 0 radical (unpaired) electrons. The fraction of sp³-hybridized carbons (Fsp3) is 0.471. The third kappa shape index (κ3) is 5.12. The molecule has 0 spiro atoms. The van der Waals surface area contributed by atoms with Crippen LogP contribution in [0.2, 0.25) is 0 Å². The molecule has 0 aliphatic rings. The van der Waals surface area contributed by atoms with Gasteiger partial charge in [-0.05, 0) is 36.1 Å². The van der Waals surface area contributed by atoms with Crippen molar-refractivity contribution in [2.45, 2.75) is 32.6 Å². The summed E-state index contributed by atoms with van der Waals surface area (Å²) in [6, 6.07) is 5.77. The van der Waals surface area contributed by atoms with Crippen LogP contribution in [0.1, 0.15) is 38.1 Å². The molecule has 1 aromatic carbocycles. The number of aromatic nitrogens is 2. The van der Waals surface area contributed by atoms with Crippen molar-refractivity contribution >= 4 is 21.9 Å². The van der Waals surface area contributed by atoms with Crippen molar-refractivity contribution in [2.24, 2.45) is 11.8 Å². The lowest BCUT2D eigenvalue weighted by atomic mass is 10.2. The summed E-state index contributed by atoms with van der Waals surface area (Å²) in [5.41, 5.74) is 0.293. The van der Waals surface area contributed by atoms with Gasteiger partial charge in [0.1, 0.15) is 0 Å². The zero-order valence-corrected chi connectivity index (χ0v) is 16.2. The van der Waals surface area contributed by atoms with Crippen molar-refractivity contribution in [1.29, 1.82) is 0 Å². The van der Waals surface area contributed by atoms with Crippen LogP contribution < -0.4 is 5.32 Å². The van der Waals surface area contributed by atoms with Crippen molar-refractivity contribution < 1.29 is 17.6 Å². The van der Waals surface area contributed by atoms with Crippen molar-refractivity contribution in [3.05, 3.63) is 36.2 Å². The van der Waals surface area contributed by atoms with E-state index in [1.807, 2.05) is 27.7 Å². The fourth-order valence-corrected chi connectivity index (χ4v) is 4.18. The van der Waals surface area contributed by atoms with E-state index in [4.69, 9.17) is 4.42 Å². The van der Waals surface area contributed by atoms with Gasteiger partial charge in [-0.3, -0.25) is 10.1 Å². The molecule has 0 bridgehead atoms. The standard InChI is InChI=1S/C17H24N4O4S/c1-12(2)9-21(10-13(3)4)26(23,24)15-7-5-14(6-8-15)16(22)19-17-20-18-11-25-17/h5-8,11-13H,9-10H2,1-4H3,(H,19,20,22). The quantitative estimate of drug-likeness (QED) is 0.755. The number of nitrogens with one attached hydrogen (secondary N) is 1. The Morgan fingerprint density at radius 2 is 1.69 bits per heavy atom. The van der Waals surface area contributed by atoms with E-state index < -0.39 is 15.9 Å². The maximum Gasteiger partial charge on any atom is 0.322 e. The lowest BCUT2D eigenvalue weighted by molar-refractivity contribution is 0.102. The number of hydrogen-bond acceptors (Lipinski definition) is 6. The number of benzene rings is 1. The second kappa shape index (κ2) is 8.41. The van der Waals surface area contributed by atoms with E-state index in [-0.39, 0.29) is 22.7 Å². The van der Waals surface area contributed by atoms with E-state index in [9.17, 15) is 13.2 Å². The highest BCUT2D eigenvalue weighted by atomic mass is 32.2. The van der Waals surface area contributed by atoms with Crippen LogP contribution in [-0.2, 0) is 10.0 Å². The van der Waals surface area contributed by atoms with Crippen LogP contribution in [-0.4, -0.2) is 41.9 Å². The van der Waals surface area contributed by atoms with Gasteiger partial charge in [-0.25, -0.2) is 8.42 Å². The Bertz CT molecular complexity index is 805. The normalized spacial score (nSPS) is 12.1. The summed E-state index contributed by atoms with van der Waals surface area (Å²) in [7, 11) is -3.62. The average molecular weight is 380 g/mol. The zero-order valence-electron chi connectivity index (χ0n) is 15.3. The van der Waals surface area contributed by atoms with E-state index in [1.165, 1.54) is 28.6 Å². The molecule has 1 heterocycles.